The quantitative estimate of drug-likeness (QED) is 0.809. The minimum atomic E-state index is -0.379. The third-order valence-electron chi connectivity index (χ3n) is 4.72. The maximum atomic E-state index is 10.8. The average molecular weight is 253 g/mol. The fourth-order valence-corrected chi connectivity index (χ4v) is 3.83. The van der Waals surface area contributed by atoms with E-state index < -0.39 is 0 Å². The Kier molecular flexibility index (Phi) is 5.08. The molecule has 2 heteroatoms. The van der Waals surface area contributed by atoms with Crippen molar-refractivity contribution in [1.29, 1.82) is 0 Å². The fourth-order valence-electron chi connectivity index (χ4n) is 3.83. The molecule has 0 spiro atoms. The molecule has 0 heterocycles. The summed E-state index contributed by atoms with van der Waals surface area (Å²) in [6, 6.07) is 0.748. The van der Waals surface area contributed by atoms with Crippen molar-refractivity contribution in [2.75, 3.05) is 13.1 Å². The summed E-state index contributed by atoms with van der Waals surface area (Å²) in [6.45, 7) is 6.68. The van der Waals surface area contributed by atoms with Crippen molar-refractivity contribution in [2.24, 2.45) is 5.92 Å². The molecule has 0 atom stereocenters. The van der Waals surface area contributed by atoms with E-state index in [0.29, 0.717) is 5.92 Å². The van der Waals surface area contributed by atoms with Crippen LogP contribution in [0, 0.1) is 5.92 Å². The summed E-state index contributed by atoms with van der Waals surface area (Å²) < 4.78 is 0. The maximum absolute atomic E-state index is 10.8. The van der Waals surface area contributed by atoms with Gasteiger partial charge in [0, 0.05) is 19.1 Å². The number of rotatable bonds is 5. The summed E-state index contributed by atoms with van der Waals surface area (Å²) in [5, 5.41) is 10.8. The van der Waals surface area contributed by atoms with Crippen molar-refractivity contribution in [3.8, 4) is 0 Å². The van der Waals surface area contributed by atoms with Crippen LogP contribution in [0.4, 0.5) is 0 Å². The van der Waals surface area contributed by atoms with Crippen LogP contribution in [0.2, 0.25) is 0 Å². The molecule has 2 nitrogen and oxygen atoms in total. The minimum absolute atomic E-state index is 0.379. The summed E-state index contributed by atoms with van der Waals surface area (Å²) in [7, 11) is 0. The van der Waals surface area contributed by atoms with Crippen LogP contribution in [-0.4, -0.2) is 34.7 Å². The van der Waals surface area contributed by atoms with Gasteiger partial charge in [0.15, 0.2) is 0 Å². The van der Waals surface area contributed by atoms with E-state index in [1.165, 1.54) is 44.9 Å². The first-order chi connectivity index (χ1) is 8.59. The monoisotopic (exact) mass is 253 g/mol. The van der Waals surface area contributed by atoms with Gasteiger partial charge in [-0.25, -0.2) is 0 Å². The Morgan fingerprint density at radius 1 is 1.06 bits per heavy atom. The predicted octanol–water partition coefficient (Wildman–Crippen LogP) is 3.58. The van der Waals surface area contributed by atoms with Crippen LogP contribution in [0.1, 0.15) is 71.6 Å². The normalized spacial score (nSPS) is 25.2. The topological polar surface area (TPSA) is 23.5 Å². The third kappa shape index (κ3) is 3.96. The fraction of sp³-hybridized carbons (Fsp3) is 1.00. The van der Waals surface area contributed by atoms with E-state index in [2.05, 4.69) is 18.7 Å². The summed E-state index contributed by atoms with van der Waals surface area (Å²) in [6.07, 6.45) is 11.3. The first-order valence-corrected chi connectivity index (χ1v) is 8.05. The average Bonchev–Trinajstić information content (AvgIpc) is 2.81. The van der Waals surface area contributed by atoms with Crippen LogP contribution >= 0.6 is 0 Å². The Morgan fingerprint density at radius 3 is 2.22 bits per heavy atom. The molecule has 2 rings (SSSR count). The van der Waals surface area contributed by atoms with Crippen LogP contribution in [0.3, 0.4) is 0 Å². The first-order valence-electron chi connectivity index (χ1n) is 8.05. The van der Waals surface area contributed by atoms with Crippen molar-refractivity contribution in [3.05, 3.63) is 0 Å². The largest absolute Gasteiger partial charge is 0.389 e. The lowest BCUT2D eigenvalue weighted by molar-refractivity contribution is -0.0380. The molecule has 0 aliphatic heterocycles. The zero-order valence-corrected chi connectivity index (χ0v) is 12.3. The summed E-state index contributed by atoms with van der Waals surface area (Å²) in [4.78, 5) is 2.61. The lowest BCUT2D eigenvalue weighted by Crippen LogP contribution is -2.48. The molecule has 2 aliphatic carbocycles. The second-order valence-corrected chi connectivity index (χ2v) is 7.05. The maximum Gasteiger partial charge on any atom is 0.0774 e. The molecule has 0 bridgehead atoms. The summed E-state index contributed by atoms with van der Waals surface area (Å²) in [5.74, 6) is 0.706. The zero-order valence-electron chi connectivity index (χ0n) is 12.3. The van der Waals surface area contributed by atoms with Gasteiger partial charge in [-0.15, -0.1) is 0 Å². The highest BCUT2D eigenvalue weighted by Crippen LogP contribution is 2.32. The van der Waals surface area contributed by atoms with E-state index >= 15 is 0 Å². The summed E-state index contributed by atoms with van der Waals surface area (Å²) in [5.41, 5.74) is -0.379. The van der Waals surface area contributed by atoms with Crippen molar-refractivity contribution in [3.63, 3.8) is 0 Å². The van der Waals surface area contributed by atoms with Crippen LogP contribution in [0.25, 0.3) is 0 Å². The van der Waals surface area contributed by atoms with Crippen LogP contribution in [-0.2, 0) is 0 Å². The van der Waals surface area contributed by atoms with Crippen LogP contribution in [0.5, 0.6) is 0 Å². The van der Waals surface area contributed by atoms with Crippen molar-refractivity contribution in [1.82, 2.24) is 4.90 Å². The Hall–Kier alpha value is -0.0800. The predicted molar refractivity (Wildman–Crippen MR) is 76.7 cm³/mol. The van der Waals surface area contributed by atoms with Gasteiger partial charge in [-0.2, -0.15) is 0 Å². The molecule has 18 heavy (non-hydrogen) atoms. The number of nitrogens with zero attached hydrogens (tertiary/aromatic N) is 1. The molecule has 2 fully saturated rings. The Balaban J connectivity index is 1.94. The lowest BCUT2D eigenvalue weighted by Gasteiger charge is -2.40. The molecule has 2 saturated carbocycles. The number of aliphatic hydroxyl groups is 1. The van der Waals surface area contributed by atoms with Crippen molar-refractivity contribution in [2.45, 2.75) is 83.3 Å². The molecule has 0 amide bonds. The molecule has 1 N–H and O–H groups in total. The minimum Gasteiger partial charge on any atom is -0.389 e. The molecule has 0 aromatic carbocycles. The van der Waals surface area contributed by atoms with Gasteiger partial charge in [0.25, 0.3) is 0 Å². The van der Waals surface area contributed by atoms with Gasteiger partial charge in [0.2, 0.25) is 0 Å². The van der Waals surface area contributed by atoms with E-state index in [4.69, 9.17) is 0 Å². The summed E-state index contributed by atoms with van der Waals surface area (Å²) >= 11 is 0. The van der Waals surface area contributed by atoms with Gasteiger partial charge in [-0.05, 0) is 31.6 Å². The molecule has 0 aromatic rings. The van der Waals surface area contributed by atoms with E-state index in [1.54, 1.807) is 0 Å². The van der Waals surface area contributed by atoms with E-state index in [1.807, 2.05) is 0 Å². The second-order valence-electron chi connectivity index (χ2n) is 7.05. The molecule has 2 aliphatic rings. The van der Waals surface area contributed by atoms with Gasteiger partial charge >= 0.3 is 0 Å². The van der Waals surface area contributed by atoms with Gasteiger partial charge in [0.05, 0.1) is 5.60 Å². The van der Waals surface area contributed by atoms with Crippen LogP contribution < -0.4 is 0 Å². The number of hydrogen-bond donors (Lipinski definition) is 1. The molecule has 0 saturated heterocycles. The van der Waals surface area contributed by atoms with E-state index in [0.717, 1.165) is 32.0 Å². The molecule has 0 radical (unpaired) electrons. The molecular formula is C16H31NO. The third-order valence-corrected chi connectivity index (χ3v) is 4.72. The van der Waals surface area contributed by atoms with Gasteiger partial charge in [-0.3, -0.25) is 4.90 Å². The molecule has 0 unspecified atom stereocenters. The highest BCUT2D eigenvalue weighted by atomic mass is 16.3. The number of hydrogen-bond acceptors (Lipinski definition) is 2. The molecule has 106 valence electrons. The van der Waals surface area contributed by atoms with Gasteiger partial charge in [-0.1, -0.05) is 46.0 Å². The molecule has 0 aromatic heterocycles. The standard InChI is InChI=1S/C16H31NO/c1-14(2)12-17(15-8-4-5-9-15)13-16(18)10-6-3-7-11-16/h14-15,18H,3-13H2,1-2H3. The van der Waals surface area contributed by atoms with Gasteiger partial charge in [0.1, 0.15) is 0 Å². The first kappa shape index (κ1) is 14.3. The zero-order chi connectivity index (χ0) is 13.0. The Morgan fingerprint density at radius 2 is 1.67 bits per heavy atom. The van der Waals surface area contributed by atoms with Crippen molar-refractivity contribution >= 4 is 0 Å². The Labute approximate surface area is 113 Å². The van der Waals surface area contributed by atoms with E-state index in [9.17, 15) is 5.11 Å². The lowest BCUT2D eigenvalue weighted by atomic mass is 9.84. The highest BCUT2D eigenvalue weighted by Gasteiger charge is 2.34. The van der Waals surface area contributed by atoms with Crippen molar-refractivity contribution < 1.29 is 5.11 Å². The van der Waals surface area contributed by atoms with Crippen LogP contribution in [0.15, 0.2) is 0 Å². The second kappa shape index (κ2) is 6.38. The smallest absolute Gasteiger partial charge is 0.0774 e. The SMILES string of the molecule is CC(C)CN(CC1(O)CCCCC1)C1CCCC1. The molecular weight excluding hydrogens is 222 g/mol. The van der Waals surface area contributed by atoms with Gasteiger partial charge < -0.3 is 5.11 Å². The highest BCUT2D eigenvalue weighted by molar-refractivity contribution is 4.89. The Bertz CT molecular complexity index is 239. The van der Waals surface area contributed by atoms with E-state index in [-0.39, 0.29) is 5.60 Å².